The van der Waals surface area contributed by atoms with Crippen LogP contribution in [0.1, 0.15) is 28.6 Å². The fraction of sp³-hybridized carbons (Fsp3) is 0.211. The van der Waals surface area contributed by atoms with Gasteiger partial charge in [-0.2, -0.15) is 11.8 Å². The molecule has 118 valence electrons. The highest BCUT2D eigenvalue weighted by Gasteiger charge is 2.20. The van der Waals surface area contributed by atoms with Gasteiger partial charge in [-0.05, 0) is 36.4 Å². The molecule has 0 saturated heterocycles. The molecule has 0 spiro atoms. The first kappa shape index (κ1) is 15.7. The lowest BCUT2D eigenvalue weighted by Crippen LogP contribution is -2.12. The molecule has 0 radical (unpaired) electrons. The Morgan fingerprint density at radius 2 is 1.87 bits per heavy atom. The molecule has 1 N–H and O–H groups in total. The lowest BCUT2D eigenvalue weighted by Gasteiger charge is -2.06. The second-order valence-corrected chi connectivity index (χ2v) is 6.21. The molecule has 0 saturated carbocycles. The molecule has 4 heteroatoms. The number of furan rings is 1. The Labute approximate surface area is 140 Å². The van der Waals surface area contributed by atoms with Crippen LogP contribution in [-0.4, -0.2) is 12.2 Å². The maximum absolute atomic E-state index is 12.6. The minimum atomic E-state index is -0.200. The third kappa shape index (κ3) is 3.27. The van der Waals surface area contributed by atoms with E-state index in [1.165, 1.54) is 5.56 Å². The number of fused-ring (bicyclic) bond motifs is 1. The number of nitrogens with one attached hydrogen (secondary N) is 1. The topological polar surface area (TPSA) is 42.2 Å². The SMILES string of the molecule is CCc1ccc(NC(=O)c2oc3ccccc3c2CSC)cc1. The number of thioether (sulfide) groups is 1. The number of para-hydroxylation sites is 1. The zero-order valence-electron chi connectivity index (χ0n) is 13.3. The molecule has 0 aliphatic carbocycles. The minimum absolute atomic E-state index is 0.200. The Morgan fingerprint density at radius 1 is 1.13 bits per heavy atom. The molecule has 2 aromatic carbocycles. The van der Waals surface area contributed by atoms with Gasteiger partial charge >= 0.3 is 0 Å². The summed E-state index contributed by atoms with van der Waals surface area (Å²) in [6.45, 7) is 2.11. The predicted molar refractivity (Wildman–Crippen MR) is 97.2 cm³/mol. The van der Waals surface area contributed by atoms with Crippen LogP contribution in [0.25, 0.3) is 11.0 Å². The first-order valence-electron chi connectivity index (χ1n) is 7.62. The average Bonchev–Trinajstić information content (AvgIpc) is 2.95. The molecule has 3 aromatic rings. The summed E-state index contributed by atoms with van der Waals surface area (Å²) < 4.78 is 5.81. The fourth-order valence-electron chi connectivity index (χ4n) is 2.58. The van der Waals surface area contributed by atoms with Gasteiger partial charge in [0.15, 0.2) is 5.76 Å². The molecule has 0 aliphatic heterocycles. The van der Waals surface area contributed by atoms with Gasteiger partial charge in [0.05, 0.1) is 0 Å². The molecule has 1 aromatic heterocycles. The Hall–Kier alpha value is -2.20. The second-order valence-electron chi connectivity index (χ2n) is 5.34. The van der Waals surface area contributed by atoms with E-state index in [9.17, 15) is 4.79 Å². The first-order chi connectivity index (χ1) is 11.2. The van der Waals surface area contributed by atoms with Crippen molar-refractivity contribution in [1.29, 1.82) is 0 Å². The van der Waals surface area contributed by atoms with Crippen LogP contribution in [-0.2, 0) is 12.2 Å². The Bertz CT molecular complexity index is 821. The van der Waals surface area contributed by atoms with Crippen LogP contribution >= 0.6 is 11.8 Å². The summed E-state index contributed by atoms with van der Waals surface area (Å²) in [5.74, 6) is 0.948. The average molecular weight is 325 g/mol. The van der Waals surface area contributed by atoms with Gasteiger partial charge in [-0.25, -0.2) is 0 Å². The van der Waals surface area contributed by atoms with Crippen molar-refractivity contribution in [3.63, 3.8) is 0 Å². The van der Waals surface area contributed by atoms with Crippen LogP contribution in [0.5, 0.6) is 0 Å². The molecule has 1 heterocycles. The van der Waals surface area contributed by atoms with Crippen molar-refractivity contribution in [1.82, 2.24) is 0 Å². The van der Waals surface area contributed by atoms with Crippen molar-refractivity contribution >= 4 is 34.3 Å². The van der Waals surface area contributed by atoms with Gasteiger partial charge in [-0.1, -0.05) is 37.3 Å². The minimum Gasteiger partial charge on any atom is -0.451 e. The van der Waals surface area contributed by atoms with Gasteiger partial charge in [0.25, 0.3) is 5.91 Å². The molecule has 3 nitrogen and oxygen atoms in total. The molecule has 1 amide bonds. The normalized spacial score (nSPS) is 10.9. The van der Waals surface area contributed by atoms with E-state index in [0.717, 1.165) is 34.4 Å². The molecule has 23 heavy (non-hydrogen) atoms. The third-order valence-corrected chi connectivity index (χ3v) is 4.39. The molecule has 0 bridgehead atoms. The number of rotatable bonds is 5. The molecule has 0 aliphatic rings. The largest absolute Gasteiger partial charge is 0.451 e. The van der Waals surface area contributed by atoms with Gasteiger partial charge < -0.3 is 9.73 Å². The summed E-state index contributed by atoms with van der Waals surface area (Å²) in [5, 5.41) is 3.94. The third-order valence-electron chi connectivity index (χ3n) is 3.81. The van der Waals surface area contributed by atoms with E-state index < -0.39 is 0 Å². The molecule has 0 unspecified atom stereocenters. The van der Waals surface area contributed by atoms with E-state index in [2.05, 4.69) is 12.2 Å². The Morgan fingerprint density at radius 3 is 2.57 bits per heavy atom. The van der Waals surface area contributed by atoms with Crippen molar-refractivity contribution in [3.05, 3.63) is 65.4 Å². The highest BCUT2D eigenvalue weighted by Crippen LogP contribution is 2.29. The summed E-state index contributed by atoms with van der Waals surface area (Å²) in [7, 11) is 0. The molecule has 0 fully saturated rings. The number of aryl methyl sites for hydroxylation is 1. The highest BCUT2D eigenvalue weighted by atomic mass is 32.2. The molecular formula is C19H19NO2S. The van der Waals surface area contributed by atoms with Crippen LogP contribution in [0, 0.1) is 0 Å². The van der Waals surface area contributed by atoms with Gasteiger partial charge in [0.1, 0.15) is 5.58 Å². The van der Waals surface area contributed by atoms with Crippen molar-refractivity contribution in [3.8, 4) is 0 Å². The molecule has 0 atom stereocenters. The second kappa shape index (κ2) is 6.92. The predicted octanol–water partition coefficient (Wildman–Crippen LogP) is 5.11. The van der Waals surface area contributed by atoms with Crippen LogP contribution in [0.2, 0.25) is 0 Å². The van der Waals surface area contributed by atoms with Gasteiger partial charge in [0, 0.05) is 22.4 Å². The van der Waals surface area contributed by atoms with Crippen LogP contribution in [0.15, 0.2) is 52.9 Å². The number of benzene rings is 2. The highest BCUT2D eigenvalue weighted by molar-refractivity contribution is 7.97. The Kier molecular flexibility index (Phi) is 4.72. The fourth-order valence-corrected chi connectivity index (χ4v) is 3.16. The summed E-state index contributed by atoms with van der Waals surface area (Å²) >= 11 is 1.68. The zero-order valence-corrected chi connectivity index (χ0v) is 14.1. The van der Waals surface area contributed by atoms with E-state index in [1.807, 2.05) is 54.8 Å². The maximum Gasteiger partial charge on any atom is 0.291 e. The van der Waals surface area contributed by atoms with Crippen molar-refractivity contribution in [2.45, 2.75) is 19.1 Å². The molecular weight excluding hydrogens is 306 g/mol. The number of amides is 1. The maximum atomic E-state index is 12.6. The van der Waals surface area contributed by atoms with Crippen LogP contribution < -0.4 is 5.32 Å². The number of hydrogen-bond donors (Lipinski definition) is 1. The first-order valence-corrected chi connectivity index (χ1v) is 9.02. The van der Waals surface area contributed by atoms with E-state index >= 15 is 0 Å². The summed E-state index contributed by atoms with van der Waals surface area (Å²) in [5.41, 5.74) is 3.73. The summed E-state index contributed by atoms with van der Waals surface area (Å²) in [4.78, 5) is 12.6. The van der Waals surface area contributed by atoms with Crippen LogP contribution in [0.4, 0.5) is 5.69 Å². The number of hydrogen-bond acceptors (Lipinski definition) is 3. The number of carbonyl (C=O) groups is 1. The van der Waals surface area contributed by atoms with E-state index in [4.69, 9.17) is 4.42 Å². The summed E-state index contributed by atoms with van der Waals surface area (Å²) in [6.07, 6.45) is 3.00. The lowest BCUT2D eigenvalue weighted by atomic mass is 10.1. The van der Waals surface area contributed by atoms with Crippen molar-refractivity contribution < 1.29 is 9.21 Å². The standard InChI is InChI=1S/C19H19NO2S/c1-3-13-8-10-14(11-9-13)20-19(21)18-16(12-23-2)15-6-4-5-7-17(15)22-18/h4-11H,3,12H2,1-2H3,(H,20,21). The number of carbonyl (C=O) groups excluding carboxylic acids is 1. The lowest BCUT2D eigenvalue weighted by molar-refractivity contribution is 0.0998. The number of anilines is 1. The quantitative estimate of drug-likeness (QED) is 0.708. The van der Waals surface area contributed by atoms with Crippen molar-refractivity contribution in [2.24, 2.45) is 0 Å². The smallest absolute Gasteiger partial charge is 0.291 e. The van der Waals surface area contributed by atoms with Crippen LogP contribution in [0.3, 0.4) is 0 Å². The van der Waals surface area contributed by atoms with Gasteiger partial charge in [-0.3, -0.25) is 4.79 Å². The van der Waals surface area contributed by atoms with E-state index in [0.29, 0.717) is 5.76 Å². The zero-order chi connectivity index (χ0) is 16.2. The Balaban J connectivity index is 1.91. The summed E-state index contributed by atoms with van der Waals surface area (Å²) in [6, 6.07) is 15.7. The van der Waals surface area contributed by atoms with E-state index in [-0.39, 0.29) is 5.91 Å². The van der Waals surface area contributed by atoms with Gasteiger partial charge in [0.2, 0.25) is 0 Å². The van der Waals surface area contributed by atoms with E-state index in [1.54, 1.807) is 11.8 Å². The van der Waals surface area contributed by atoms with Gasteiger partial charge in [-0.15, -0.1) is 0 Å². The monoisotopic (exact) mass is 325 g/mol. The van der Waals surface area contributed by atoms with Crippen molar-refractivity contribution in [2.75, 3.05) is 11.6 Å². The molecule has 3 rings (SSSR count).